The van der Waals surface area contributed by atoms with E-state index >= 15 is 0 Å². The number of methoxy groups -OCH3 is 1. The predicted molar refractivity (Wildman–Crippen MR) is 53.6 cm³/mol. The predicted octanol–water partition coefficient (Wildman–Crippen LogP) is 1.90. The zero-order valence-corrected chi connectivity index (χ0v) is 8.76. The van der Waals surface area contributed by atoms with Crippen LogP contribution in [0.3, 0.4) is 0 Å². The summed E-state index contributed by atoms with van der Waals surface area (Å²) >= 11 is 1.44. The summed E-state index contributed by atoms with van der Waals surface area (Å²) in [5.41, 5.74) is 0.918. The van der Waals surface area contributed by atoms with Gasteiger partial charge in [0.1, 0.15) is 4.88 Å². The fourth-order valence-electron chi connectivity index (χ4n) is 1.73. The molecule has 1 unspecified atom stereocenters. The molecular formula is C10H12O3S. The lowest BCUT2D eigenvalue weighted by Gasteiger charge is -2.16. The Morgan fingerprint density at radius 3 is 3.14 bits per heavy atom. The van der Waals surface area contributed by atoms with Crippen LogP contribution in [0.4, 0.5) is 0 Å². The summed E-state index contributed by atoms with van der Waals surface area (Å²) in [6, 6.07) is 1.76. The molecule has 0 spiro atoms. The molecule has 0 aliphatic heterocycles. The number of hydrogen-bond acceptors (Lipinski definition) is 4. The Bertz CT molecular complexity index is 356. The van der Waals surface area contributed by atoms with Crippen LogP contribution < -0.4 is 0 Å². The van der Waals surface area contributed by atoms with E-state index in [2.05, 4.69) is 4.74 Å². The number of thiophene rings is 1. The molecule has 3 nitrogen and oxygen atoms in total. The average molecular weight is 212 g/mol. The molecule has 0 aromatic carbocycles. The molecular weight excluding hydrogens is 200 g/mol. The molecule has 2 rings (SSSR count). The molecule has 0 bridgehead atoms. The quantitative estimate of drug-likeness (QED) is 0.723. The van der Waals surface area contributed by atoms with Crippen molar-refractivity contribution in [3.8, 4) is 0 Å². The highest BCUT2D eigenvalue weighted by atomic mass is 32.1. The Kier molecular flexibility index (Phi) is 2.56. The topological polar surface area (TPSA) is 46.5 Å². The molecule has 1 N–H and O–H groups in total. The number of esters is 1. The first-order chi connectivity index (χ1) is 6.72. The molecule has 0 radical (unpaired) electrons. The molecule has 1 aromatic rings. The summed E-state index contributed by atoms with van der Waals surface area (Å²) in [4.78, 5) is 13.0. The molecule has 0 saturated heterocycles. The number of aryl methyl sites for hydroxylation is 1. The molecule has 1 heterocycles. The highest BCUT2D eigenvalue weighted by Gasteiger charge is 2.23. The molecule has 1 aromatic heterocycles. The van der Waals surface area contributed by atoms with Crippen LogP contribution in [-0.4, -0.2) is 18.2 Å². The molecule has 14 heavy (non-hydrogen) atoms. The van der Waals surface area contributed by atoms with Crippen LogP contribution in [0.1, 0.15) is 39.1 Å². The molecule has 1 aliphatic carbocycles. The van der Waals surface area contributed by atoms with Crippen molar-refractivity contribution in [1.82, 2.24) is 0 Å². The first-order valence-electron chi connectivity index (χ1n) is 4.61. The third kappa shape index (κ3) is 1.55. The van der Waals surface area contributed by atoms with Crippen LogP contribution >= 0.6 is 11.3 Å². The fraction of sp³-hybridized carbons (Fsp3) is 0.500. The highest BCUT2D eigenvalue weighted by molar-refractivity contribution is 7.14. The second-order valence-corrected chi connectivity index (χ2v) is 4.53. The van der Waals surface area contributed by atoms with Crippen molar-refractivity contribution in [2.45, 2.75) is 25.4 Å². The number of rotatable bonds is 1. The lowest BCUT2D eigenvalue weighted by atomic mass is 9.96. The molecule has 76 valence electrons. The molecule has 4 heteroatoms. The van der Waals surface area contributed by atoms with Crippen molar-refractivity contribution in [3.05, 3.63) is 21.4 Å². The Labute approximate surface area is 86.3 Å². The van der Waals surface area contributed by atoms with Crippen molar-refractivity contribution in [2.75, 3.05) is 7.11 Å². The van der Waals surface area contributed by atoms with Crippen LogP contribution in [0.15, 0.2) is 6.07 Å². The number of ether oxygens (including phenoxy) is 1. The van der Waals surface area contributed by atoms with Gasteiger partial charge in [-0.15, -0.1) is 11.3 Å². The standard InChI is InChI=1S/C10H12O3S/c1-13-10(12)9-5-6-7(11)3-2-4-8(6)14-9/h5,7,11H,2-4H2,1H3. The van der Waals surface area contributed by atoms with Crippen molar-refractivity contribution >= 4 is 17.3 Å². The Morgan fingerprint density at radius 1 is 1.71 bits per heavy atom. The van der Waals surface area contributed by atoms with Gasteiger partial charge in [-0.1, -0.05) is 0 Å². The summed E-state index contributed by atoms with van der Waals surface area (Å²) in [7, 11) is 1.37. The minimum Gasteiger partial charge on any atom is -0.465 e. The first-order valence-corrected chi connectivity index (χ1v) is 5.43. The maximum absolute atomic E-state index is 11.2. The van der Waals surface area contributed by atoms with Gasteiger partial charge in [0.05, 0.1) is 13.2 Å². The van der Waals surface area contributed by atoms with Crippen LogP contribution in [-0.2, 0) is 11.2 Å². The molecule has 0 fully saturated rings. The van der Waals surface area contributed by atoms with E-state index in [1.165, 1.54) is 18.4 Å². The number of fused-ring (bicyclic) bond motifs is 1. The Morgan fingerprint density at radius 2 is 2.50 bits per heavy atom. The van der Waals surface area contributed by atoms with Crippen molar-refractivity contribution in [1.29, 1.82) is 0 Å². The van der Waals surface area contributed by atoms with Gasteiger partial charge in [-0.05, 0) is 30.9 Å². The normalized spacial score (nSPS) is 20.3. The third-order valence-electron chi connectivity index (χ3n) is 2.47. The fourth-order valence-corrected chi connectivity index (χ4v) is 2.91. The highest BCUT2D eigenvalue weighted by Crippen LogP contribution is 2.35. The minimum atomic E-state index is -0.395. The van der Waals surface area contributed by atoms with E-state index in [0.29, 0.717) is 4.88 Å². The van der Waals surface area contributed by atoms with Gasteiger partial charge >= 0.3 is 5.97 Å². The van der Waals surface area contributed by atoms with E-state index in [4.69, 9.17) is 0 Å². The van der Waals surface area contributed by atoms with Gasteiger partial charge in [0.2, 0.25) is 0 Å². The van der Waals surface area contributed by atoms with E-state index in [9.17, 15) is 9.90 Å². The van der Waals surface area contributed by atoms with Crippen molar-refractivity contribution < 1.29 is 14.6 Å². The smallest absolute Gasteiger partial charge is 0.348 e. The maximum Gasteiger partial charge on any atom is 0.348 e. The van der Waals surface area contributed by atoms with Gasteiger partial charge in [-0.3, -0.25) is 0 Å². The van der Waals surface area contributed by atoms with E-state index in [-0.39, 0.29) is 5.97 Å². The summed E-state index contributed by atoms with van der Waals surface area (Å²) in [5, 5.41) is 9.68. The molecule has 1 atom stereocenters. The Balaban J connectivity index is 2.35. The maximum atomic E-state index is 11.2. The number of carbonyl (C=O) groups is 1. The van der Waals surface area contributed by atoms with E-state index < -0.39 is 6.10 Å². The summed E-state index contributed by atoms with van der Waals surface area (Å²) < 4.78 is 4.64. The van der Waals surface area contributed by atoms with Crippen molar-refractivity contribution in [3.63, 3.8) is 0 Å². The van der Waals surface area contributed by atoms with Crippen LogP contribution in [0, 0.1) is 0 Å². The summed E-state index contributed by atoms with van der Waals surface area (Å²) in [6.45, 7) is 0. The largest absolute Gasteiger partial charge is 0.465 e. The number of carbonyl (C=O) groups excluding carboxylic acids is 1. The zero-order chi connectivity index (χ0) is 10.1. The molecule has 0 amide bonds. The lowest BCUT2D eigenvalue weighted by Crippen LogP contribution is -2.05. The second kappa shape index (κ2) is 3.71. The first kappa shape index (κ1) is 9.68. The average Bonchev–Trinajstić information content (AvgIpc) is 2.62. The SMILES string of the molecule is COC(=O)c1cc2c(s1)CCCC2O. The number of aliphatic hydroxyl groups is 1. The lowest BCUT2D eigenvalue weighted by molar-refractivity contribution is 0.0606. The molecule has 0 saturated carbocycles. The molecule has 1 aliphatic rings. The van der Waals surface area contributed by atoms with Crippen LogP contribution in [0.25, 0.3) is 0 Å². The Hall–Kier alpha value is -0.870. The van der Waals surface area contributed by atoms with Crippen molar-refractivity contribution in [2.24, 2.45) is 0 Å². The van der Waals surface area contributed by atoms with Gasteiger partial charge < -0.3 is 9.84 Å². The van der Waals surface area contributed by atoms with E-state index in [1.807, 2.05) is 0 Å². The zero-order valence-electron chi connectivity index (χ0n) is 7.95. The number of hydrogen-bond donors (Lipinski definition) is 1. The van der Waals surface area contributed by atoms with Gasteiger partial charge in [0, 0.05) is 4.88 Å². The summed E-state index contributed by atoms with van der Waals surface area (Å²) in [6.07, 6.45) is 2.36. The van der Waals surface area contributed by atoms with Gasteiger partial charge in [-0.25, -0.2) is 4.79 Å². The van der Waals surface area contributed by atoms with Crippen LogP contribution in [0.5, 0.6) is 0 Å². The van der Waals surface area contributed by atoms with E-state index in [0.717, 1.165) is 29.7 Å². The van der Waals surface area contributed by atoms with Gasteiger partial charge in [0.25, 0.3) is 0 Å². The van der Waals surface area contributed by atoms with Gasteiger partial charge in [-0.2, -0.15) is 0 Å². The summed E-state index contributed by atoms with van der Waals surface area (Å²) in [5.74, 6) is -0.309. The monoisotopic (exact) mass is 212 g/mol. The van der Waals surface area contributed by atoms with Crippen LogP contribution in [0.2, 0.25) is 0 Å². The third-order valence-corrected chi connectivity index (χ3v) is 3.66. The number of aliphatic hydroxyl groups excluding tert-OH is 1. The minimum absolute atomic E-state index is 0.309. The van der Waals surface area contributed by atoms with E-state index in [1.54, 1.807) is 6.07 Å². The second-order valence-electron chi connectivity index (χ2n) is 3.39. The van der Waals surface area contributed by atoms with Gasteiger partial charge in [0.15, 0.2) is 0 Å².